The van der Waals surface area contributed by atoms with Crippen LogP contribution in [-0.4, -0.2) is 28.7 Å². The zero-order valence-electron chi connectivity index (χ0n) is 9.56. The normalized spacial score (nSPS) is 31.0. The second-order valence-corrected chi connectivity index (χ2v) is 4.90. The Hall–Kier alpha value is -1.09. The minimum absolute atomic E-state index is 0.324. The first-order valence-electron chi connectivity index (χ1n) is 6.24. The van der Waals surface area contributed by atoms with E-state index in [1.807, 2.05) is 6.07 Å². The lowest BCUT2D eigenvalue weighted by Crippen LogP contribution is -2.45. The van der Waals surface area contributed by atoms with Crippen molar-refractivity contribution < 1.29 is 4.52 Å². The Labute approximate surface area is 96.1 Å². The fraction of sp³-hybridized carbons (Fsp3) is 0.615. The summed E-state index contributed by atoms with van der Waals surface area (Å²) in [6.07, 6.45) is 12.8. The Balaban J connectivity index is 1.81. The lowest BCUT2D eigenvalue weighted by Gasteiger charge is -2.40. The summed E-state index contributed by atoms with van der Waals surface area (Å²) in [5.74, 6) is 0.867. The molecule has 3 rings (SSSR count). The summed E-state index contributed by atoms with van der Waals surface area (Å²) in [5, 5.41) is 3.73. The molecule has 0 aromatic carbocycles. The summed E-state index contributed by atoms with van der Waals surface area (Å²) in [7, 11) is 0. The van der Waals surface area contributed by atoms with Gasteiger partial charge in [-0.05, 0) is 44.8 Å². The maximum atomic E-state index is 5.11. The van der Waals surface area contributed by atoms with Gasteiger partial charge in [0.1, 0.15) is 0 Å². The number of piperidine rings is 1. The molecule has 2 saturated heterocycles. The van der Waals surface area contributed by atoms with Gasteiger partial charge in [0.05, 0.1) is 6.20 Å². The zero-order chi connectivity index (χ0) is 10.8. The van der Waals surface area contributed by atoms with Crippen molar-refractivity contribution in [3.8, 4) is 0 Å². The lowest BCUT2D eigenvalue weighted by molar-refractivity contribution is 0.134. The number of fused-ring (bicyclic) bond motifs is 1. The fourth-order valence-electron chi connectivity index (χ4n) is 3.13. The van der Waals surface area contributed by atoms with Crippen LogP contribution in [0.5, 0.6) is 0 Å². The molecule has 2 aliphatic heterocycles. The molecule has 1 aromatic rings. The molecule has 0 radical (unpaired) electrons. The molecule has 3 nitrogen and oxygen atoms in total. The van der Waals surface area contributed by atoms with Crippen LogP contribution < -0.4 is 0 Å². The van der Waals surface area contributed by atoms with Crippen molar-refractivity contribution in [2.75, 3.05) is 13.1 Å². The predicted molar refractivity (Wildman–Crippen MR) is 62.9 cm³/mol. The number of aromatic nitrogens is 1. The molecule has 0 spiro atoms. The smallest absolute Gasteiger partial charge is 0.159 e. The van der Waals surface area contributed by atoms with E-state index in [9.17, 15) is 0 Å². The molecule has 86 valence electrons. The third-order valence-electron chi connectivity index (χ3n) is 3.97. The highest BCUT2D eigenvalue weighted by molar-refractivity contribution is 5.44. The first kappa shape index (κ1) is 10.1. The maximum absolute atomic E-state index is 5.11. The van der Waals surface area contributed by atoms with Crippen molar-refractivity contribution >= 4 is 6.08 Å². The molecular weight excluding hydrogens is 200 g/mol. The highest BCUT2D eigenvalue weighted by atomic mass is 16.5. The van der Waals surface area contributed by atoms with Gasteiger partial charge in [-0.2, -0.15) is 0 Å². The molecule has 0 amide bonds. The minimum Gasteiger partial charge on any atom is -0.357 e. The van der Waals surface area contributed by atoms with Crippen LogP contribution in [0.1, 0.15) is 37.9 Å². The molecule has 1 atom stereocenters. The Morgan fingerprint density at radius 1 is 1.25 bits per heavy atom. The maximum Gasteiger partial charge on any atom is 0.159 e. The van der Waals surface area contributed by atoms with Crippen LogP contribution in [0.2, 0.25) is 0 Å². The van der Waals surface area contributed by atoms with Crippen LogP contribution in [0.3, 0.4) is 0 Å². The van der Waals surface area contributed by atoms with Crippen molar-refractivity contribution in [1.29, 1.82) is 0 Å². The molecule has 0 bridgehead atoms. The van der Waals surface area contributed by atoms with Crippen LogP contribution in [0.25, 0.3) is 6.08 Å². The lowest BCUT2D eigenvalue weighted by atomic mass is 9.86. The SMILES string of the molecule is C(=CC12CCCCN1CCC2)c1ccno1. The van der Waals surface area contributed by atoms with Crippen LogP contribution in [0, 0.1) is 0 Å². The summed E-state index contributed by atoms with van der Waals surface area (Å²) >= 11 is 0. The van der Waals surface area contributed by atoms with E-state index in [1.165, 1.54) is 45.2 Å². The second kappa shape index (κ2) is 4.06. The third-order valence-corrected chi connectivity index (χ3v) is 3.97. The van der Waals surface area contributed by atoms with Crippen LogP contribution in [0.15, 0.2) is 22.9 Å². The van der Waals surface area contributed by atoms with E-state index in [0.29, 0.717) is 5.54 Å². The van der Waals surface area contributed by atoms with E-state index in [4.69, 9.17) is 4.52 Å². The van der Waals surface area contributed by atoms with Gasteiger partial charge in [0.15, 0.2) is 5.76 Å². The monoisotopic (exact) mass is 218 g/mol. The van der Waals surface area contributed by atoms with E-state index < -0.39 is 0 Å². The van der Waals surface area contributed by atoms with E-state index in [1.54, 1.807) is 6.20 Å². The highest BCUT2D eigenvalue weighted by Crippen LogP contribution is 2.38. The van der Waals surface area contributed by atoms with Crippen LogP contribution in [-0.2, 0) is 0 Å². The van der Waals surface area contributed by atoms with Crippen molar-refractivity contribution in [2.24, 2.45) is 0 Å². The van der Waals surface area contributed by atoms with Gasteiger partial charge in [0, 0.05) is 11.6 Å². The van der Waals surface area contributed by atoms with E-state index in [2.05, 4.69) is 22.2 Å². The van der Waals surface area contributed by atoms with Gasteiger partial charge in [0.2, 0.25) is 0 Å². The first-order valence-corrected chi connectivity index (χ1v) is 6.24. The highest BCUT2D eigenvalue weighted by Gasteiger charge is 2.39. The Kier molecular flexibility index (Phi) is 2.56. The molecule has 16 heavy (non-hydrogen) atoms. The van der Waals surface area contributed by atoms with Crippen LogP contribution in [0.4, 0.5) is 0 Å². The predicted octanol–water partition coefficient (Wildman–Crippen LogP) is 2.71. The quantitative estimate of drug-likeness (QED) is 0.764. The molecule has 0 N–H and O–H groups in total. The Bertz CT molecular complexity index is 371. The third kappa shape index (κ3) is 1.69. The van der Waals surface area contributed by atoms with E-state index >= 15 is 0 Å². The average molecular weight is 218 g/mol. The molecule has 2 aliphatic rings. The van der Waals surface area contributed by atoms with Crippen molar-refractivity contribution in [2.45, 2.75) is 37.6 Å². The topological polar surface area (TPSA) is 29.3 Å². The largest absolute Gasteiger partial charge is 0.357 e. The van der Waals surface area contributed by atoms with Gasteiger partial charge >= 0.3 is 0 Å². The van der Waals surface area contributed by atoms with Crippen LogP contribution >= 0.6 is 0 Å². The number of hydrogen-bond donors (Lipinski definition) is 0. The second-order valence-electron chi connectivity index (χ2n) is 4.90. The molecule has 2 fully saturated rings. The van der Waals surface area contributed by atoms with Crippen molar-refractivity contribution in [3.63, 3.8) is 0 Å². The fourth-order valence-corrected chi connectivity index (χ4v) is 3.13. The van der Waals surface area contributed by atoms with Crippen molar-refractivity contribution in [3.05, 3.63) is 24.1 Å². The average Bonchev–Trinajstić information content (AvgIpc) is 2.96. The summed E-state index contributed by atoms with van der Waals surface area (Å²) in [6, 6.07) is 1.91. The summed E-state index contributed by atoms with van der Waals surface area (Å²) < 4.78 is 5.11. The van der Waals surface area contributed by atoms with Gasteiger partial charge < -0.3 is 4.52 Å². The van der Waals surface area contributed by atoms with E-state index in [-0.39, 0.29) is 0 Å². The van der Waals surface area contributed by atoms with Crippen molar-refractivity contribution in [1.82, 2.24) is 10.1 Å². The van der Waals surface area contributed by atoms with E-state index in [0.717, 1.165) is 5.76 Å². The molecule has 3 heterocycles. The first-order chi connectivity index (χ1) is 7.89. The standard InChI is InChI=1S/C13H18N2O/c1-2-10-15-11-3-7-13(15,6-1)8-4-12-5-9-14-16-12/h4-5,8-9H,1-3,6-7,10-11H2. The summed E-state index contributed by atoms with van der Waals surface area (Å²) in [5.41, 5.74) is 0.324. The summed E-state index contributed by atoms with van der Waals surface area (Å²) in [4.78, 5) is 2.64. The zero-order valence-corrected chi connectivity index (χ0v) is 9.56. The number of rotatable bonds is 2. The molecular formula is C13H18N2O. The molecule has 0 saturated carbocycles. The summed E-state index contributed by atoms with van der Waals surface area (Å²) in [6.45, 7) is 2.53. The molecule has 0 aliphatic carbocycles. The molecule has 3 heteroatoms. The Morgan fingerprint density at radius 3 is 3.00 bits per heavy atom. The number of nitrogens with zero attached hydrogens (tertiary/aromatic N) is 2. The van der Waals surface area contributed by atoms with Gasteiger partial charge in [0.25, 0.3) is 0 Å². The molecule has 1 unspecified atom stereocenters. The molecule has 1 aromatic heterocycles. The van der Waals surface area contributed by atoms with Gasteiger partial charge in [-0.1, -0.05) is 17.7 Å². The minimum atomic E-state index is 0.324. The Morgan fingerprint density at radius 2 is 2.12 bits per heavy atom. The van der Waals surface area contributed by atoms with Gasteiger partial charge in [-0.25, -0.2) is 0 Å². The van der Waals surface area contributed by atoms with Gasteiger partial charge in [-0.3, -0.25) is 4.90 Å². The van der Waals surface area contributed by atoms with Gasteiger partial charge in [-0.15, -0.1) is 0 Å². The number of hydrogen-bond acceptors (Lipinski definition) is 3.